The molecule has 96 valence electrons. The van der Waals surface area contributed by atoms with Gasteiger partial charge < -0.3 is 4.40 Å². The van der Waals surface area contributed by atoms with Gasteiger partial charge in [0.2, 0.25) is 0 Å². The second kappa shape index (κ2) is 4.51. The van der Waals surface area contributed by atoms with Crippen LogP contribution in [0.2, 0.25) is 0 Å². The number of sulfone groups is 1. The van der Waals surface area contributed by atoms with Gasteiger partial charge in [0, 0.05) is 6.20 Å². The first kappa shape index (κ1) is 11.9. The molecule has 0 N–H and O–H groups in total. The van der Waals surface area contributed by atoms with E-state index in [9.17, 15) is 8.42 Å². The van der Waals surface area contributed by atoms with Gasteiger partial charge in [-0.05, 0) is 24.3 Å². The predicted molar refractivity (Wildman–Crippen MR) is 72.5 cm³/mol. The van der Waals surface area contributed by atoms with Gasteiger partial charge in [0.1, 0.15) is 5.65 Å². The Morgan fingerprint density at radius 2 is 1.74 bits per heavy atom. The Morgan fingerprint density at radius 3 is 2.53 bits per heavy atom. The molecular weight excluding hydrogens is 260 g/mol. The lowest BCUT2D eigenvalue weighted by atomic mass is 10.4. The molecule has 0 bridgehead atoms. The Bertz CT molecular complexity index is 808. The summed E-state index contributed by atoms with van der Waals surface area (Å²) in [6.07, 6.45) is 3.42. The van der Waals surface area contributed by atoms with Gasteiger partial charge in [0.25, 0.3) is 0 Å². The fourth-order valence-corrected chi connectivity index (χ4v) is 3.34. The third kappa shape index (κ3) is 2.24. The summed E-state index contributed by atoms with van der Waals surface area (Å²) < 4.78 is 26.4. The third-order valence-electron chi connectivity index (χ3n) is 2.93. The van der Waals surface area contributed by atoms with E-state index in [0.29, 0.717) is 10.6 Å². The smallest absolute Gasteiger partial charge is 0.184 e. The first-order chi connectivity index (χ1) is 9.17. The molecular formula is C14H12N2O2S. The van der Waals surface area contributed by atoms with Gasteiger partial charge in [-0.2, -0.15) is 0 Å². The zero-order valence-corrected chi connectivity index (χ0v) is 10.9. The number of hydrogen-bond acceptors (Lipinski definition) is 3. The van der Waals surface area contributed by atoms with Crippen LogP contribution in [0.1, 0.15) is 5.69 Å². The average Bonchev–Trinajstić information content (AvgIpc) is 2.83. The van der Waals surface area contributed by atoms with Gasteiger partial charge >= 0.3 is 0 Å². The van der Waals surface area contributed by atoms with Crippen molar-refractivity contribution in [2.45, 2.75) is 10.6 Å². The molecule has 0 amide bonds. The molecule has 0 fully saturated rings. The van der Waals surface area contributed by atoms with Crippen LogP contribution in [0.5, 0.6) is 0 Å². The van der Waals surface area contributed by atoms with E-state index >= 15 is 0 Å². The van der Waals surface area contributed by atoms with Crippen LogP contribution in [0.25, 0.3) is 5.65 Å². The number of fused-ring (bicyclic) bond motifs is 1. The lowest BCUT2D eigenvalue weighted by molar-refractivity contribution is 0.594. The van der Waals surface area contributed by atoms with Crippen molar-refractivity contribution in [3.05, 3.63) is 66.6 Å². The van der Waals surface area contributed by atoms with Gasteiger partial charge in [-0.3, -0.25) is 0 Å². The minimum atomic E-state index is -3.34. The number of hydrogen-bond donors (Lipinski definition) is 0. The van der Waals surface area contributed by atoms with Crippen LogP contribution in [0.4, 0.5) is 0 Å². The maximum absolute atomic E-state index is 12.3. The van der Waals surface area contributed by atoms with Crippen LogP contribution in [-0.4, -0.2) is 17.8 Å². The Hall–Kier alpha value is -2.14. The van der Waals surface area contributed by atoms with Crippen molar-refractivity contribution < 1.29 is 8.42 Å². The monoisotopic (exact) mass is 272 g/mol. The Labute approximate surface area is 111 Å². The number of rotatable bonds is 3. The van der Waals surface area contributed by atoms with Crippen molar-refractivity contribution in [2.24, 2.45) is 0 Å². The van der Waals surface area contributed by atoms with Crippen molar-refractivity contribution in [2.75, 3.05) is 0 Å². The van der Waals surface area contributed by atoms with E-state index in [4.69, 9.17) is 0 Å². The lowest BCUT2D eigenvalue weighted by Gasteiger charge is -2.04. The van der Waals surface area contributed by atoms with Crippen LogP contribution in [0.3, 0.4) is 0 Å². The zero-order chi connectivity index (χ0) is 13.3. The van der Waals surface area contributed by atoms with E-state index in [2.05, 4.69) is 4.98 Å². The molecule has 5 heteroatoms. The van der Waals surface area contributed by atoms with E-state index in [-0.39, 0.29) is 5.75 Å². The largest absolute Gasteiger partial charge is 0.303 e. The van der Waals surface area contributed by atoms with E-state index in [1.54, 1.807) is 40.9 Å². The summed E-state index contributed by atoms with van der Waals surface area (Å²) in [4.78, 5) is 4.53. The molecule has 2 heterocycles. The highest BCUT2D eigenvalue weighted by molar-refractivity contribution is 7.90. The molecule has 0 radical (unpaired) electrons. The van der Waals surface area contributed by atoms with Crippen LogP contribution in [0.15, 0.2) is 65.8 Å². The summed E-state index contributed by atoms with van der Waals surface area (Å²) >= 11 is 0. The maximum Gasteiger partial charge on any atom is 0.184 e. The normalized spacial score (nSPS) is 11.8. The molecule has 0 spiro atoms. The molecule has 0 aliphatic carbocycles. The zero-order valence-electron chi connectivity index (χ0n) is 10.1. The van der Waals surface area contributed by atoms with Gasteiger partial charge in [0.05, 0.1) is 22.5 Å². The van der Waals surface area contributed by atoms with E-state index in [1.807, 2.05) is 24.4 Å². The molecule has 0 saturated carbocycles. The van der Waals surface area contributed by atoms with Crippen LogP contribution < -0.4 is 0 Å². The minimum Gasteiger partial charge on any atom is -0.303 e. The number of nitrogens with zero attached hydrogens (tertiary/aromatic N) is 2. The van der Waals surface area contributed by atoms with Crippen LogP contribution >= 0.6 is 0 Å². The van der Waals surface area contributed by atoms with E-state index in [1.165, 1.54) is 0 Å². The fourth-order valence-electron chi connectivity index (χ4n) is 2.00. The maximum atomic E-state index is 12.3. The highest BCUT2D eigenvalue weighted by Gasteiger charge is 2.17. The highest BCUT2D eigenvalue weighted by atomic mass is 32.2. The first-order valence-corrected chi connectivity index (χ1v) is 7.51. The minimum absolute atomic E-state index is 0.0534. The van der Waals surface area contributed by atoms with Crippen LogP contribution in [-0.2, 0) is 15.6 Å². The topological polar surface area (TPSA) is 51.4 Å². The van der Waals surface area contributed by atoms with Crippen LogP contribution in [0, 0.1) is 0 Å². The number of benzene rings is 1. The molecule has 4 nitrogen and oxygen atoms in total. The van der Waals surface area contributed by atoms with Gasteiger partial charge in [-0.15, -0.1) is 0 Å². The summed E-state index contributed by atoms with van der Waals surface area (Å²) in [5.41, 5.74) is 1.42. The SMILES string of the molecule is O=S(=O)(Cc1cnc2ccccn12)c1ccccc1. The molecule has 0 aliphatic heterocycles. The summed E-state index contributed by atoms with van der Waals surface area (Å²) in [6.45, 7) is 0. The molecule has 2 aromatic heterocycles. The molecule has 0 saturated heterocycles. The molecule has 0 atom stereocenters. The van der Waals surface area contributed by atoms with Crippen molar-refractivity contribution in [3.8, 4) is 0 Å². The molecule has 3 aromatic rings. The second-order valence-corrected chi connectivity index (χ2v) is 6.24. The standard InChI is InChI=1S/C14H12N2O2S/c17-19(18,13-6-2-1-3-7-13)11-12-10-15-14-8-4-5-9-16(12)14/h1-10H,11H2. The summed E-state index contributed by atoms with van der Waals surface area (Å²) in [5.74, 6) is -0.0534. The van der Waals surface area contributed by atoms with Crippen molar-refractivity contribution in [1.82, 2.24) is 9.38 Å². The number of imidazole rings is 1. The van der Waals surface area contributed by atoms with Gasteiger partial charge in [-0.1, -0.05) is 24.3 Å². The Morgan fingerprint density at radius 1 is 1.00 bits per heavy atom. The van der Waals surface area contributed by atoms with Crippen molar-refractivity contribution in [1.29, 1.82) is 0 Å². The molecule has 0 aliphatic rings. The lowest BCUT2D eigenvalue weighted by Crippen LogP contribution is -2.06. The second-order valence-electron chi connectivity index (χ2n) is 4.25. The summed E-state index contributed by atoms with van der Waals surface area (Å²) in [5, 5.41) is 0. The van der Waals surface area contributed by atoms with E-state index in [0.717, 1.165) is 5.65 Å². The Balaban J connectivity index is 2.02. The Kier molecular flexibility index (Phi) is 2.83. The average molecular weight is 272 g/mol. The molecule has 19 heavy (non-hydrogen) atoms. The van der Waals surface area contributed by atoms with Gasteiger partial charge in [0.15, 0.2) is 9.84 Å². The summed E-state index contributed by atoms with van der Waals surface area (Å²) in [7, 11) is -3.34. The number of aromatic nitrogens is 2. The van der Waals surface area contributed by atoms with Gasteiger partial charge in [-0.25, -0.2) is 13.4 Å². The quantitative estimate of drug-likeness (QED) is 0.735. The number of pyridine rings is 1. The van der Waals surface area contributed by atoms with E-state index < -0.39 is 9.84 Å². The molecule has 3 rings (SSSR count). The third-order valence-corrected chi connectivity index (χ3v) is 4.60. The van der Waals surface area contributed by atoms with Crippen molar-refractivity contribution >= 4 is 15.5 Å². The first-order valence-electron chi connectivity index (χ1n) is 5.85. The van der Waals surface area contributed by atoms with Crippen molar-refractivity contribution in [3.63, 3.8) is 0 Å². The highest BCUT2D eigenvalue weighted by Crippen LogP contribution is 2.16. The molecule has 0 unspecified atom stereocenters. The molecule has 1 aromatic carbocycles. The summed E-state index contributed by atoms with van der Waals surface area (Å²) in [6, 6.07) is 14.0. The predicted octanol–water partition coefficient (Wildman–Crippen LogP) is 2.31. The fraction of sp³-hybridized carbons (Fsp3) is 0.0714.